The van der Waals surface area contributed by atoms with Gasteiger partial charge in [-0.25, -0.2) is 0 Å². The van der Waals surface area contributed by atoms with Gasteiger partial charge in [-0.3, -0.25) is 21.2 Å². The molecule has 0 aromatic carbocycles. The van der Waals surface area contributed by atoms with Crippen molar-refractivity contribution in [1.29, 1.82) is 0 Å². The van der Waals surface area contributed by atoms with Gasteiger partial charge in [0.1, 0.15) is 0 Å². The molecule has 0 amide bonds. The van der Waals surface area contributed by atoms with Crippen LogP contribution in [0.1, 0.15) is 45.2 Å². The topological polar surface area (TPSA) is 54.2 Å². The first kappa shape index (κ1) is 15.4. The number of likely N-dealkylation sites (N-methyl/N-ethyl adjacent to an activating group) is 1. The molecule has 1 heterocycles. The molecular weight excluding hydrogens is 248 g/mol. The van der Waals surface area contributed by atoms with E-state index in [1.807, 2.05) is 12.3 Å². The van der Waals surface area contributed by atoms with Crippen molar-refractivity contribution in [3.8, 4) is 0 Å². The van der Waals surface area contributed by atoms with E-state index in [1.54, 1.807) is 0 Å². The van der Waals surface area contributed by atoms with Crippen LogP contribution in [0.5, 0.6) is 0 Å². The van der Waals surface area contributed by atoms with Crippen molar-refractivity contribution in [2.24, 2.45) is 5.84 Å². The molecule has 1 aromatic rings. The van der Waals surface area contributed by atoms with Crippen LogP contribution in [0.3, 0.4) is 0 Å². The molecular formula is C16H28N4. The molecule has 1 fully saturated rings. The Morgan fingerprint density at radius 1 is 1.30 bits per heavy atom. The Morgan fingerprint density at radius 2 is 2.00 bits per heavy atom. The second kappa shape index (κ2) is 7.16. The van der Waals surface area contributed by atoms with Crippen LogP contribution in [0.25, 0.3) is 0 Å². The number of rotatable bonds is 7. The molecule has 0 aliphatic heterocycles. The molecule has 1 aliphatic carbocycles. The molecule has 4 nitrogen and oxygen atoms in total. The largest absolute Gasteiger partial charge is 0.297 e. The lowest BCUT2D eigenvalue weighted by molar-refractivity contribution is 0.0626. The highest BCUT2D eigenvalue weighted by atomic mass is 15.3. The number of nitrogens with zero attached hydrogens (tertiary/aromatic N) is 2. The van der Waals surface area contributed by atoms with Gasteiger partial charge in [-0.1, -0.05) is 32.8 Å². The Hall–Kier alpha value is -0.970. The first-order valence-electron chi connectivity index (χ1n) is 7.88. The quantitative estimate of drug-likeness (QED) is 0.591. The number of nitrogens with two attached hydrogens (primary N) is 1. The minimum Gasteiger partial charge on any atom is -0.297 e. The van der Waals surface area contributed by atoms with Crippen LogP contribution in [-0.2, 0) is 6.42 Å². The van der Waals surface area contributed by atoms with Gasteiger partial charge < -0.3 is 0 Å². The fourth-order valence-electron chi connectivity index (χ4n) is 3.86. The van der Waals surface area contributed by atoms with Gasteiger partial charge in [0, 0.05) is 29.9 Å². The maximum absolute atomic E-state index is 5.93. The highest BCUT2D eigenvalue weighted by Crippen LogP contribution is 2.38. The first-order valence-corrected chi connectivity index (χ1v) is 7.88. The molecule has 1 unspecified atom stereocenters. The van der Waals surface area contributed by atoms with Gasteiger partial charge in [-0.2, -0.15) is 0 Å². The molecule has 1 aromatic heterocycles. The Morgan fingerprint density at radius 3 is 2.50 bits per heavy atom. The standard InChI is InChI=1S/C16H28N4/c1-3-20(4-2)16(10-6-7-11-16)15(19-17)13-14-9-5-8-12-18-14/h5,8-9,12,15,19H,3-4,6-7,10-11,13,17H2,1-2H3. The minimum absolute atomic E-state index is 0.190. The summed E-state index contributed by atoms with van der Waals surface area (Å²) in [6, 6.07) is 6.37. The summed E-state index contributed by atoms with van der Waals surface area (Å²) in [6.07, 6.45) is 7.83. The summed E-state index contributed by atoms with van der Waals surface area (Å²) in [5.41, 5.74) is 4.41. The van der Waals surface area contributed by atoms with Crippen molar-refractivity contribution in [3.05, 3.63) is 30.1 Å². The lowest BCUT2D eigenvalue weighted by Crippen LogP contribution is -2.62. The number of hydrogen-bond acceptors (Lipinski definition) is 4. The van der Waals surface area contributed by atoms with E-state index >= 15 is 0 Å². The summed E-state index contributed by atoms with van der Waals surface area (Å²) < 4.78 is 0. The third-order valence-electron chi connectivity index (χ3n) is 4.85. The SMILES string of the molecule is CCN(CC)C1(C(Cc2ccccn2)NN)CCCC1. The number of aromatic nitrogens is 1. The fourth-order valence-corrected chi connectivity index (χ4v) is 3.86. The van der Waals surface area contributed by atoms with Crippen LogP contribution in [0.2, 0.25) is 0 Å². The van der Waals surface area contributed by atoms with Gasteiger partial charge in [0.2, 0.25) is 0 Å². The Bertz CT molecular complexity index is 383. The van der Waals surface area contributed by atoms with Crippen molar-refractivity contribution < 1.29 is 0 Å². The van der Waals surface area contributed by atoms with Crippen molar-refractivity contribution >= 4 is 0 Å². The summed E-state index contributed by atoms with van der Waals surface area (Å²) >= 11 is 0. The molecule has 4 heteroatoms. The Kier molecular flexibility index (Phi) is 5.52. The monoisotopic (exact) mass is 276 g/mol. The normalized spacial score (nSPS) is 19.4. The third kappa shape index (κ3) is 3.03. The highest BCUT2D eigenvalue weighted by Gasteiger charge is 2.44. The molecule has 20 heavy (non-hydrogen) atoms. The predicted octanol–water partition coefficient (Wildman–Crippen LogP) is 2.11. The molecule has 0 saturated heterocycles. The van der Waals surface area contributed by atoms with Gasteiger partial charge in [0.15, 0.2) is 0 Å². The molecule has 0 spiro atoms. The van der Waals surface area contributed by atoms with Gasteiger partial charge in [0.05, 0.1) is 0 Å². The van der Waals surface area contributed by atoms with E-state index in [0.717, 1.165) is 25.2 Å². The summed E-state index contributed by atoms with van der Waals surface area (Å²) in [7, 11) is 0. The van der Waals surface area contributed by atoms with E-state index in [0.29, 0.717) is 0 Å². The highest BCUT2D eigenvalue weighted by molar-refractivity contribution is 5.11. The summed E-state index contributed by atoms with van der Waals surface area (Å²) in [5.74, 6) is 5.93. The fraction of sp³-hybridized carbons (Fsp3) is 0.688. The summed E-state index contributed by atoms with van der Waals surface area (Å²) in [4.78, 5) is 7.06. The van der Waals surface area contributed by atoms with Gasteiger partial charge in [-0.05, 0) is 38.1 Å². The van der Waals surface area contributed by atoms with Crippen LogP contribution in [0.15, 0.2) is 24.4 Å². The van der Waals surface area contributed by atoms with Crippen LogP contribution in [0, 0.1) is 0 Å². The molecule has 1 saturated carbocycles. The van der Waals surface area contributed by atoms with Gasteiger partial charge in [-0.15, -0.1) is 0 Å². The van der Waals surface area contributed by atoms with Crippen LogP contribution in [-0.4, -0.2) is 34.6 Å². The van der Waals surface area contributed by atoms with E-state index in [-0.39, 0.29) is 11.6 Å². The van der Waals surface area contributed by atoms with Gasteiger partial charge in [0.25, 0.3) is 0 Å². The lowest BCUT2D eigenvalue weighted by Gasteiger charge is -2.46. The zero-order chi connectivity index (χ0) is 14.4. The van der Waals surface area contributed by atoms with Crippen LogP contribution >= 0.6 is 0 Å². The second-order valence-electron chi connectivity index (χ2n) is 5.73. The third-order valence-corrected chi connectivity index (χ3v) is 4.85. The second-order valence-corrected chi connectivity index (χ2v) is 5.73. The number of hydrazine groups is 1. The summed E-state index contributed by atoms with van der Waals surface area (Å²) in [5, 5.41) is 0. The van der Waals surface area contributed by atoms with Crippen molar-refractivity contribution in [2.75, 3.05) is 13.1 Å². The van der Waals surface area contributed by atoms with E-state index in [1.165, 1.54) is 25.7 Å². The zero-order valence-corrected chi connectivity index (χ0v) is 12.8. The maximum Gasteiger partial charge on any atom is 0.0450 e. The smallest absolute Gasteiger partial charge is 0.0450 e. The average molecular weight is 276 g/mol. The average Bonchev–Trinajstić information content (AvgIpc) is 2.97. The van der Waals surface area contributed by atoms with E-state index in [9.17, 15) is 0 Å². The van der Waals surface area contributed by atoms with Crippen molar-refractivity contribution in [1.82, 2.24) is 15.3 Å². The Labute approximate surface area is 122 Å². The van der Waals surface area contributed by atoms with Crippen molar-refractivity contribution in [3.63, 3.8) is 0 Å². The molecule has 0 bridgehead atoms. The van der Waals surface area contributed by atoms with E-state index in [2.05, 4.69) is 41.3 Å². The number of pyridine rings is 1. The van der Waals surface area contributed by atoms with Crippen LogP contribution in [0.4, 0.5) is 0 Å². The first-order chi connectivity index (χ1) is 9.76. The van der Waals surface area contributed by atoms with E-state index < -0.39 is 0 Å². The maximum atomic E-state index is 5.93. The van der Waals surface area contributed by atoms with E-state index in [4.69, 9.17) is 5.84 Å². The minimum atomic E-state index is 0.190. The molecule has 0 radical (unpaired) electrons. The molecule has 1 aliphatic rings. The number of nitrogens with one attached hydrogen (secondary N) is 1. The van der Waals surface area contributed by atoms with Gasteiger partial charge >= 0.3 is 0 Å². The molecule has 2 rings (SSSR count). The number of hydrogen-bond donors (Lipinski definition) is 2. The molecule has 3 N–H and O–H groups in total. The zero-order valence-electron chi connectivity index (χ0n) is 12.8. The summed E-state index contributed by atoms with van der Waals surface area (Å²) in [6.45, 7) is 6.66. The van der Waals surface area contributed by atoms with Crippen LogP contribution < -0.4 is 11.3 Å². The predicted molar refractivity (Wildman–Crippen MR) is 83.2 cm³/mol. The lowest BCUT2D eigenvalue weighted by atomic mass is 9.83. The Balaban J connectivity index is 2.21. The molecule has 1 atom stereocenters. The molecule has 112 valence electrons. The van der Waals surface area contributed by atoms with Crippen molar-refractivity contribution in [2.45, 2.75) is 57.5 Å².